The Labute approximate surface area is 101 Å². The third-order valence-corrected chi connectivity index (χ3v) is 2.39. The lowest BCUT2D eigenvalue weighted by Crippen LogP contribution is -2.16. The maximum Gasteiger partial charge on any atom is 0.170 e. The van der Waals surface area contributed by atoms with Gasteiger partial charge in [0.1, 0.15) is 0 Å². The molecule has 0 saturated carbocycles. The molecule has 17 heavy (non-hydrogen) atoms. The molecule has 5 nitrogen and oxygen atoms in total. The number of amidine groups is 1. The van der Waals surface area contributed by atoms with Crippen molar-refractivity contribution in [1.82, 2.24) is 5.32 Å². The van der Waals surface area contributed by atoms with E-state index in [1.165, 1.54) is 0 Å². The van der Waals surface area contributed by atoms with Gasteiger partial charge in [-0.2, -0.15) is 0 Å². The minimum absolute atomic E-state index is 0.129. The van der Waals surface area contributed by atoms with Crippen LogP contribution in [0.4, 0.5) is 0 Å². The number of nitrogens with two attached hydrogens (primary N) is 1. The summed E-state index contributed by atoms with van der Waals surface area (Å²) in [4.78, 5) is 0. The van der Waals surface area contributed by atoms with E-state index in [0.29, 0.717) is 0 Å². The fourth-order valence-corrected chi connectivity index (χ4v) is 1.43. The number of hydrogen-bond acceptors (Lipinski definition) is 4. The molecule has 0 aliphatic rings. The van der Waals surface area contributed by atoms with Gasteiger partial charge in [-0.15, -0.1) is 0 Å². The first-order valence-corrected chi connectivity index (χ1v) is 5.54. The van der Waals surface area contributed by atoms with E-state index in [9.17, 15) is 0 Å². The summed E-state index contributed by atoms with van der Waals surface area (Å²) in [6.07, 6.45) is 0.999. The van der Waals surface area contributed by atoms with Crippen LogP contribution in [0, 0.1) is 0 Å². The zero-order valence-electron chi connectivity index (χ0n) is 10.0. The van der Waals surface area contributed by atoms with E-state index in [0.717, 1.165) is 37.2 Å². The molecule has 0 spiro atoms. The number of nitrogens with zero attached hydrogens (tertiary/aromatic N) is 1. The van der Waals surface area contributed by atoms with E-state index in [2.05, 4.69) is 10.5 Å². The molecule has 0 saturated heterocycles. The highest BCUT2D eigenvalue weighted by Crippen LogP contribution is 2.03. The Morgan fingerprint density at radius 3 is 2.71 bits per heavy atom. The molecule has 1 aromatic carbocycles. The zero-order chi connectivity index (χ0) is 12.5. The Kier molecular flexibility index (Phi) is 6.06. The number of oxime groups is 1. The lowest BCUT2D eigenvalue weighted by atomic mass is 10.1. The number of benzene rings is 1. The normalized spacial score (nSPS) is 11.7. The molecule has 0 aromatic heterocycles. The SMILES string of the molecule is COCCCNCc1ccc(C(N)=NO)cc1. The summed E-state index contributed by atoms with van der Waals surface area (Å²) >= 11 is 0. The van der Waals surface area contributed by atoms with Crippen LogP contribution in [0.25, 0.3) is 0 Å². The second-order valence-electron chi connectivity index (χ2n) is 3.71. The van der Waals surface area contributed by atoms with E-state index in [-0.39, 0.29) is 5.84 Å². The van der Waals surface area contributed by atoms with Crippen LogP contribution in [0.5, 0.6) is 0 Å². The fraction of sp³-hybridized carbons (Fsp3) is 0.417. The van der Waals surface area contributed by atoms with E-state index in [1.807, 2.05) is 24.3 Å². The van der Waals surface area contributed by atoms with Crippen molar-refractivity contribution in [1.29, 1.82) is 0 Å². The molecule has 0 fully saturated rings. The van der Waals surface area contributed by atoms with Crippen LogP contribution in [-0.4, -0.2) is 31.3 Å². The summed E-state index contributed by atoms with van der Waals surface area (Å²) in [6.45, 7) is 2.51. The van der Waals surface area contributed by atoms with Crippen molar-refractivity contribution in [2.75, 3.05) is 20.3 Å². The molecule has 0 amide bonds. The summed E-state index contributed by atoms with van der Waals surface area (Å²) in [5.74, 6) is 0.129. The lowest BCUT2D eigenvalue weighted by Gasteiger charge is -2.05. The maximum atomic E-state index is 8.52. The van der Waals surface area contributed by atoms with Crippen molar-refractivity contribution in [3.05, 3.63) is 35.4 Å². The Hall–Kier alpha value is -1.59. The van der Waals surface area contributed by atoms with Gasteiger partial charge < -0.3 is 21.0 Å². The van der Waals surface area contributed by atoms with Gasteiger partial charge in [-0.3, -0.25) is 0 Å². The number of ether oxygens (including phenoxy) is 1. The van der Waals surface area contributed by atoms with Gasteiger partial charge in [0.05, 0.1) is 0 Å². The van der Waals surface area contributed by atoms with Gasteiger partial charge in [0.15, 0.2) is 5.84 Å². The summed E-state index contributed by atoms with van der Waals surface area (Å²) < 4.78 is 4.96. The molecule has 0 heterocycles. The van der Waals surface area contributed by atoms with Crippen molar-refractivity contribution in [3.63, 3.8) is 0 Å². The molecular weight excluding hydrogens is 218 g/mol. The topological polar surface area (TPSA) is 79.9 Å². The Morgan fingerprint density at radius 2 is 2.12 bits per heavy atom. The van der Waals surface area contributed by atoms with Crippen LogP contribution in [0.15, 0.2) is 29.4 Å². The smallest absolute Gasteiger partial charge is 0.170 e. The molecule has 1 aromatic rings. The molecule has 0 radical (unpaired) electrons. The molecule has 1 rings (SSSR count). The number of hydrogen-bond donors (Lipinski definition) is 3. The van der Waals surface area contributed by atoms with Gasteiger partial charge in [0.25, 0.3) is 0 Å². The molecule has 94 valence electrons. The van der Waals surface area contributed by atoms with Gasteiger partial charge >= 0.3 is 0 Å². The lowest BCUT2D eigenvalue weighted by molar-refractivity contribution is 0.194. The van der Waals surface area contributed by atoms with E-state index in [4.69, 9.17) is 15.7 Å². The minimum Gasteiger partial charge on any atom is -0.409 e. The largest absolute Gasteiger partial charge is 0.409 e. The van der Waals surface area contributed by atoms with Crippen LogP contribution in [0.3, 0.4) is 0 Å². The summed E-state index contributed by atoms with van der Waals surface area (Å²) in [7, 11) is 1.70. The molecular formula is C12H19N3O2. The Balaban J connectivity index is 2.35. The fourth-order valence-electron chi connectivity index (χ4n) is 1.43. The van der Waals surface area contributed by atoms with Crippen molar-refractivity contribution >= 4 is 5.84 Å². The predicted molar refractivity (Wildman–Crippen MR) is 67.2 cm³/mol. The monoisotopic (exact) mass is 237 g/mol. The molecule has 4 N–H and O–H groups in total. The van der Waals surface area contributed by atoms with Crippen LogP contribution in [0.1, 0.15) is 17.5 Å². The summed E-state index contributed by atoms with van der Waals surface area (Å²) in [5, 5.41) is 14.8. The van der Waals surface area contributed by atoms with Crippen LogP contribution < -0.4 is 11.1 Å². The second-order valence-corrected chi connectivity index (χ2v) is 3.71. The van der Waals surface area contributed by atoms with Gasteiger partial charge in [-0.1, -0.05) is 29.4 Å². The quantitative estimate of drug-likeness (QED) is 0.216. The molecule has 0 unspecified atom stereocenters. The minimum atomic E-state index is 0.129. The van der Waals surface area contributed by atoms with Crippen molar-refractivity contribution in [2.45, 2.75) is 13.0 Å². The molecule has 0 bridgehead atoms. The molecule has 5 heteroatoms. The van der Waals surface area contributed by atoms with Crippen molar-refractivity contribution < 1.29 is 9.94 Å². The van der Waals surface area contributed by atoms with Gasteiger partial charge in [0, 0.05) is 25.8 Å². The first-order valence-electron chi connectivity index (χ1n) is 5.54. The number of methoxy groups -OCH3 is 1. The second kappa shape index (κ2) is 7.65. The highest BCUT2D eigenvalue weighted by molar-refractivity contribution is 5.96. The molecule has 0 aliphatic heterocycles. The first-order chi connectivity index (χ1) is 8.27. The van der Waals surface area contributed by atoms with Crippen LogP contribution in [0.2, 0.25) is 0 Å². The molecule has 0 aliphatic carbocycles. The van der Waals surface area contributed by atoms with Crippen LogP contribution in [-0.2, 0) is 11.3 Å². The summed E-state index contributed by atoms with van der Waals surface area (Å²) in [6, 6.07) is 7.58. The number of rotatable bonds is 7. The predicted octanol–water partition coefficient (Wildman–Crippen LogP) is 0.907. The summed E-state index contributed by atoms with van der Waals surface area (Å²) in [5.41, 5.74) is 7.35. The maximum absolute atomic E-state index is 8.52. The average molecular weight is 237 g/mol. The van der Waals surface area contributed by atoms with Crippen molar-refractivity contribution in [3.8, 4) is 0 Å². The number of nitrogens with one attached hydrogen (secondary N) is 1. The van der Waals surface area contributed by atoms with Gasteiger partial charge in [-0.05, 0) is 18.5 Å². The molecule has 0 atom stereocenters. The third kappa shape index (κ3) is 4.84. The Bertz CT molecular complexity index is 349. The highest BCUT2D eigenvalue weighted by Gasteiger charge is 1.98. The zero-order valence-corrected chi connectivity index (χ0v) is 10.0. The highest BCUT2D eigenvalue weighted by atomic mass is 16.5. The Morgan fingerprint density at radius 1 is 1.41 bits per heavy atom. The van der Waals surface area contributed by atoms with Crippen LogP contribution >= 0.6 is 0 Å². The van der Waals surface area contributed by atoms with E-state index >= 15 is 0 Å². The standard InChI is InChI=1S/C12H19N3O2/c1-17-8-2-7-14-9-10-3-5-11(6-4-10)12(13)15-16/h3-6,14,16H,2,7-9H2,1H3,(H2,13,15). The van der Waals surface area contributed by atoms with Gasteiger partial charge in [0.2, 0.25) is 0 Å². The van der Waals surface area contributed by atoms with E-state index < -0.39 is 0 Å². The third-order valence-electron chi connectivity index (χ3n) is 2.39. The van der Waals surface area contributed by atoms with Gasteiger partial charge in [-0.25, -0.2) is 0 Å². The van der Waals surface area contributed by atoms with Crippen molar-refractivity contribution in [2.24, 2.45) is 10.9 Å². The average Bonchev–Trinajstić information content (AvgIpc) is 2.38. The van der Waals surface area contributed by atoms with E-state index in [1.54, 1.807) is 7.11 Å². The first kappa shape index (κ1) is 13.5.